The molecule has 0 saturated carbocycles. The fourth-order valence-electron chi connectivity index (χ4n) is 4.70. The highest BCUT2D eigenvalue weighted by molar-refractivity contribution is 5.85. The predicted octanol–water partition coefficient (Wildman–Crippen LogP) is 2.79. The van der Waals surface area contributed by atoms with Gasteiger partial charge in [0.15, 0.2) is 0 Å². The Morgan fingerprint density at radius 2 is 1.85 bits per heavy atom. The van der Waals surface area contributed by atoms with Crippen LogP contribution in [-0.2, 0) is 13.0 Å². The normalized spacial score (nSPS) is 17.8. The number of aromatic hydroxyl groups is 1. The highest BCUT2D eigenvalue weighted by atomic mass is 16.5. The van der Waals surface area contributed by atoms with E-state index in [1.807, 2.05) is 30.3 Å². The summed E-state index contributed by atoms with van der Waals surface area (Å²) in [5, 5.41) is 15.8. The average Bonchev–Trinajstić information content (AvgIpc) is 3.20. The van der Waals surface area contributed by atoms with E-state index in [4.69, 9.17) is 4.74 Å². The molecule has 0 saturated heterocycles. The van der Waals surface area contributed by atoms with Crippen LogP contribution < -0.4 is 21.3 Å². The van der Waals surface area contributed by atoms with Crippen molar-refractivity contribution in [3.8, 4) is 11.6 Å². The third-order valence-corrected chi connectivity index (χ3v) is 6.48. The molecule has 33 heavy (non-hydrogen) atoms. The van der Waals surface area contributed by atoms with Gasteiger partial charge in [-0.05, 0) is 42.2 Å². The molecule has 2 aromatic heterocycles. The average molecular weight is 447 g/mol. The van der Waals surface area contributed by atoms with E-state index in [1.54, 1.807) is 19.2 Å². The lowest BCUT2D eigenvalue weighted by Crippen LogP contribution is -2.43. The molecule has 4 N–H and O–H groups in total. The molecule has 0 aliphatic carbocycles. The van der Waals surface area contributed by atoms with Crippen molar-refractivity contribution < 1.29 is 9.84 Å². The number of rotatable bonds is 5. The maximum Gasteiger partial charge on any atom is 0.331 e. The minimum absolute atomic E-state index is 0.113. The second kappa shape index (κ2) is 8.29. The van der Waals surface area contributed by atoms with Crippen LogP contribution in [-0.4, -0.2) is 32.8 Å². The number of methoxy groups -OCH3 is 1. The molecule has 8 nitrogen and oxygen atoms in total. The Labute approximate surface area is 189 Å². The van der Waals surface area contributed by atoms with Crippen LogP contribution in [0.4, 0.5) is 0 Å². The molecular weight excluding hydrogens is 420 g/mol. The van der Waals surface area contributed by atoms with Gasteiger partial charge in [-0.25, -0.2) is 4.79 Å². The summed E-state index contributed by atoms with van der Waals surface area (Å²) in [6, 6.07) is 14.8. The fourth-order valence-corrected chi connectivity index (χ4v) is 4.70. The summed E-state index contributed by atoms with van der Waals surface area (Å²) in [7, 11) is 1.58. The van der Waals surface area contributed by atoms with Gasteiger partial charge in [0.05, 0.1) is 19.7 Å². The smallest absolute Gasteiger partial charge is 0.331 e. The Bertz CT molecular complexity index is 1430. The van der Waals surface area contributed by atoms with E-state index in [-0.39, 0.29) is 24.0 Å². The Morgan fingerprint density at radius 3 is 2.58 bits per heavy atom. The molecule has 5 rings (SSSR count). The van der Waals surface area contributed by atoms with Gasteiger partial charge >= 0.3 is 5.69 Å². The summed E-state index contributed by atoms with van der Waals surface area (Å²) < 4.78 is 6.38. The first-order valence-corrected chi connectivity index (χ1v) is 11.0. The molecule has 2 atom stereocenters. The highest BCUT2D eigenvalue weighted by Crippen LogP contribution is 2.36. The van der Waals surface area contributed by atoms with Crippen LogP contribution in [0.1, 0.15) is 41.8 Å². The van der Waals surface area contributed by atoms with Crippen LogP contribution in [0.3, 0.4) is 0 Å². The Kier molecular flexibility index (Phi) is 5.30. The number of nitrogens with one attached hydrogen (secondary N) is 3. The number of aromatic nitrogens is 3. The monoisotopic (exact) mass is 446 g/mol. The zero-order valence-corrected chi connectivity index (χ0v) is 18.5. The van der Waals surface area contributed by atoms with Gasteiger partial charge < -0.3 is 20.1 Å². The lowest BCUT2D eigenvalue weighted by atomic mass is 9.90. The first-order valence-electron chi connectivity index (χ1n) is 11.0. The van der Waals surface area contributed by atoms with E-state index in [9.17, 15) is 14.7 Å². The van der Waals surface area contributed by atoms with Gasteiger partial charge in [0.2, 0.25) is 5.88 Å². The van der Waals surface area contributed by atoms with E-state index < -0.39 is 17.3 Å². The quantitative estimate of drug-likeness (QED) is 0.377. The zero-order valence-electron chi connectivity index (χ0n) is 18.5. The number of fused-ring (bicyclic) bond motifs is 3. The van der Waals surface area contributed by atoms with Gasteiger partial charge in [-0.2, -0.15) is 0 Å². The number of nitrogens with zero attached hydrogens (tertiary/aromatic N) is 1. The number of para-hydroxylation sites is 1. The van der Waals surface area contributed by atoms with Crippen LogP contribution in [0.5, 0.6) is 11.6 Å². The van der Waals surface area contributed by atoms with Gasteiger partial charge in [0.25, 0.3) is 5.56 Å². The largest absolute Gasteiger partial charge is 0.497 e. The molecule has 0 fully saturated rings. The van der Waals surface area contributed by atoms with Crippen molar-refractivity contribution in [1.29, 1.82) is 0 Å². The summed E-state index contributed by atoms with van der Waals surface area (Å²) in [6.07, 6.45) is 1.68. The zero-order chi connectivity index (χ0) is 23.1. The Balaban J connectivity index is 1.64. The van der Waals surface area contributed by atoms with Gasteiger partial charge in [-0.15, -0.1) is 0 Å². The van der Waals surface area contributed by atoms with E-state index in [2.05, 4.69) is 28.3 Å². The van der Waals surface area contributed by atoms with Crippen molar-refractivity contribution >= 4 is 10.9 Å². The maximum atomic E-state index is 13.0. The second-order valence-electron chi connectivity index (χ2n) is 8.40. The molecular formula is C25H26N4O4. The molecule has 0 radical (unpaired) electrons. The standard InChI is InChI=1S/C25H26N4O4/c1-3-15-12-18-17-6-4-5-7-19(17)27-21(18)22(26-15)20-23(30)28-25(32)29(24(20)31)13-14-8-10-16(33-2)11-9-14/h4-11,15,22,26-27,31H,3,12-13H2,1-2H3,(H,28,30,32)/t15-,22+/m1/s1. The van der Waals surface area contributed by atoms with Crippen molar-refractivity contribution in [2.24, 2.45) is 0 Å². The van der Waals surface area contributed by atoms with Crippen molar-refractivity contribution in [2.75, 3.05) is 7.11 Å². The van der Waals surface area contributed by atoms with Crippen molar-refractivity contribution in [3.63, 3.8) is 0 Å². The number of ether oxygens (including phenoxy) is 1. The molecule has 170 valence electrons. The molecule has 4 aromatic rings. The molecule has 0 spiro atoms. The Hall–Kier alpha value is -3.78. The highest BCUT2D eigenvalue weighted by Gasteiger charge is 2.34. The van der Waals surface area contributed by atoms with E-state index in [0.29, 0.717) is 5.75 Å². The minimum Gasteiger partial charge on any atom is -0.497 e. The van der Waals surface area contributed by atoms with E-state index in [0.717, 1.165) is 40.6 Å². The maximum absolute atomic E-state index is 13.0. The summed E-state index contributed by atoms with van der Waals surface area (Å²) in [4.78, 5) is 31.4. The summed E-state index contributed by atoms with van der Waals surface area (Å²) in [6.45, 7) is 2.20. The lowest BCUT2D eigenvalue weighted by Gasteiger charge is -2.31. The van der Waals surface area contributed by atoms with Gasteiger partial charge in [-0.1, -0.05) is 37.3 Å². The first kappa shape index (κ1) is 21.1. The third-order valence-electron chi connectivity index (χ3n) is 6.48. The van der Waals surface area contributed by atoms with Crippen LogP contribution in [0.25, 0.3) is 10.9 Å². The first-order chi connectivity index (χ1) is 16.0. The van der Waals surface area contributed by atoms with Crippen LogP contribution in [0.15, 0.2) is 58.1 Å². The number of H-pyrrole nitrogens is 2. The van der Waals surface area contributed by atoms with Crippen LogP contribution in [0, 0.1) is 0 Å². The molecule has 0 amide bonds. The van der Waals surface area contributed by atoms with E-state index in [1.165, 1.54) is 4.57 Å². The second-order valence-corrected chi connectivity index (χ2v) is 8.40. The topological polar surface area (TPSA) is 112 Å². The van der Waals surface area contributed by atoms with Crippen molar-refractivity contribution in [2.45, 2.75) is 38.4 Å². The van der Waals surface area contributed by atoms with Gasteiger partial charge in [0, 0.05) is 22.6 Å². The van der Waals surface area contributed by atoms with E-state index >= 15 is 0 Å². The molecule has 0 bridgehead atoms. The summed E-state index contributed by atoms with van der Waals surface area (Å²) in [5.41, 5.74) is 2.63. The number of hydrogen-bond donors (Lipinski definition) is 4. The third kappa shape index (κ3) is 3.62. The van der Waals surface area contributed by atoms with Crippen molar-refractivity contribution in [3.05, 3.63) is 91.8 Å². The molecule has 3 heterocycles. The van der Waals surface area contributed by atoms with Crippen LogP contribution >= 0.6 is 0 Å². The predicted molar refractivity (Wildman–Crippen MR) is 126 cm³/mol. The lowest BCUT2D eigenvalue weighted by molar-refractivity contribution is 0.372. The van der Waals surface area contributed by atoms with Gasteiger partial charge in [-0.3, -0.25) is 14.3 Å². The summed E-state index contributed by atoms with van der Waals surface area (Å²) >= 11 is 0. The number of hydrogen-bond acceptors (Lipinski definition) is 5. The van der Waals surface area contributed by atoms with Crippen molar-refractivity contribution in [1.82, 2.24) is 19.9 Å². The molecule has 1 aliphatic heterocycles. The molecule has 1 aliphatic rings. The number of aromatic amines is 2. The SMILES string of the molecule is CC[C@@H]1Cc2c([nH]c3ccccc23)[C@H](c2c(O)n(Cc3ccc(OC)cc3)c(=O)[nH]c2=O)N1. The minimum atomic E-state index is -0.656. The fraction of sp³-hybridized carbons (Fsp3) is 0.280. The molecule has 8 heteroatoms. The number of benzene rings is 2. The van der Waals surface area contributed by atoms with Gasteiger partial charge in [0.1, 0.15) is 11.3 Å². The Morgan fingerprint density at radius 1 is 1.09 bits per heavy atom. The molecule has 2 aromatic carbocycles. The molecule has 0 unspecified atom stereocenters. The summed E-state index contributed by atoms with van der Waals surface area (Å²) in [5.74, 6) is 0.360. The van der Waals surface area contributed by atoms with Crippen LogP contribution in [0.2, 0.25) is 0 Å².